The van der Waals surface area contributed by atoms with Crippen molar-refractivity contribution in [2.75, 3.05) is 25.0 Å². The number of amides is 2. The van der Waals surface area contributed by atoms with E-state index in [9.17, 15) is 9.59 Å². The number of hydrogen-bond donors (Lipinski definition) is 2. The van der Waals surface area contributed by atoms with Crippen LogP contribution in [-0.4, -0.2) is 62.6 Å². The largest absolute Gasteiger partial charge is 0.346 e. The van der Waals surface area contributed by atoms with Gasteiger partial charge in [0.1, 0.15) is 0 Å². The Morgan fingerprint density at radius 2 is 2.00 bits per heavy atom. The maximum Gasteiger partial charge on any atom is 0.313 e. The van der Waals surface area contributed by atoms with Gasteiger partial charge in [-0.25, -0.2) is 0 Å². The van der Waals surface area contributed by atoms with Crippen LogP contribution in [0.15, 0.2) is 24.3 Å². The van der Waals surface area contributed by atoms with Crippen molar-refractivity contribution in [2.45, 2.75) is 25.8 Å². The molecule has 1 unspecified atom stereocenters. The fraction of sp³-hybridized carbons (Fsp3) is 0.471. The minimum Gasteiger partial charge on any atom is -0.346 e. The first kappa shape index (κ1) is 18.0. The summed E-state index contributed by atoms with van der Waals surface area (Å²) in [5, 5.41) is 17.1. The Kier molecular flexibility index (Phi) is 5.57. The Balaban J connectivity index is 1.51. The van der Waals surface area contributed by atoms with E-state index in [-0.39, 0.29) is 0 Å². The summed E-state index contributed by atoms with van der Waals surface area (Å²) < 4.78 is 0. The maximum atomic E-state index is 12.1. The Morgan fingerprint density at radius 3 is 2.65 bits per heavy atom. The van der Waals surface area contributed by atoms with Gasteiger partial charge in [-0.2, -0.15) is 4.80 Å². The summed E-state index contributed by atoms with van der Waals surface area (Å²) in [7, 11) is 1.69. The second-order valence-corrected chi connectivity index (χ2v) is 6.27. The molecule has 1 aliphatic rings. The van der Waals surface area contributed by atoms with E-state index >= 15 is 0 Å². The molecule has 2 heterocycles. The van der Waals surface area contributed by atoms with Gasteiger partial charge in [-0.05, 0) is 55.4 Å². The molecule has 1 aromatic carbocycles. The number of anilines is 1. The fourth-order valence-electron chi connectivity index (χ4n) is 3.12. The summed E-state index contributed by atoms with van der Waals surface area (Å²) in [6, 6.07) is 7.25. The number of carbonyl (C=O) groups excluding carboxylic acids is 2. The maximum absolute atomic E-state index is 12.1. The van der Waals surface area contributed by atoms with Gasteiger partial charge in [0.15, 0.2) is 0 Å². The summed E-state index contributed by atoms with van der Waals surface area (Å²) in [4.78, 5) is 27.8. The normalized spacial score (nSPS) is 17.2. The molecular formula is C17H23N7O2. The SMILES string of the molecule is CCN1CCCC1CNC(=O)C(=O)Nc1ccc(-c2nnn(C)n2)cc1. The number of benzene rings is 1. The van der Waals surface area contributed by atoms with Crippen molar-refractivity contribution in [3.05, 3.63) is 24.3 Å². The molecular weight excluding hydrogens is 334 g/mol. The van der Waals surface area contributed by atoms with Gasteiger partial charge in [0.25, 0.3) is 0 Å². The molecule has 26 heavy (non-hydrogen) atoms. The Labute approximate surface area is 151 Å². The fourth-order valence-corrected chi connectivity index (χ4v) is 3.12. The van der Waals surface area contributed by atoms with E-state index in [0.717, 1.165) is 31.5 Å². The van der Waals surface area contributed by atoms with Gasteiger partial charge in [-0.1, -0.05) is 6.92 Å². The average Bonchev–Trinajstić information content (AvgIpc) is 3.28. The van der Waals surface area contributed by atoms with Crippen LogP contribution in [0, 0.1) is 0 Å². The number of aromatic nitrogens is 4. The third kappa shape index (κ3) is 4.23. The van der Waals surface area contributed by atoms with Crippen molar-refractivity contribution < 1.29 is 9.59 Å². The molecule has 0 saturated carbocycles. The number of nitrogens with zero attached hydrogens (tertiary/aromatic N) is 5. The van der Waals surface area contributed by atoms with Crippen LogP contribution < -0.4 is 10.6 Å². The Morgan fingerprint density at radius 1 is 1.23 bits per heavy atom. The average molecular weight is 357 g/mol. The lowest BCUT2D eigenvalue weighted by Crippen LogP contribution is -2.43. The molecule has 3 rings (SSSR count). The Bertz CT molecular complexity index is 772. The molecule has 1 fully saturated rings. The van der Waals surface area contributed by atoms with Crippen LogP contribution in [0.4, 0.5) is 5.69 Å². The third-order valence-corrected chi connectivity index (χ3v) is 4.52. The van der Waals surface area contributed by atoms with Crippen LogP contribution in [0.2, 0.25) is 0 Å². The van der Waals surface area contributed by atoms with Crippen molar-refractivity contribution in [3.8, 4) is 11.4 Å². The highest BCUT2D eigenvalue weighted by Crippen LogP contribution is 2.17. The minimum atomic E-state index is -0.670. The van der Waals surface area contributed by atoms with Gasteiger partial charge in [-0.3, -0.25) is 14.5 Å². The molecule has 1 aromatic heterocycles. The van der Waals surface area contributed by atoms with Gasteiger partial charge in [0.05, 0.1) is 7.05 Å². The molecule has 2 N–H and O–H groups in total. The van der Waals surface area contributed by atoms with Crippen LogP contribution in [0.5, 0.6) is 0 Å². The predicted octanol–water partition coefficient (Wildman–Crippen LogP) is 0.416. The topological polar surface area (TPSA) is 105 Å². The van der Waals surface area contributed by atoms with Crippen LogP contribution >= 0.6 is 0 Å². The van der Waals surface area contributed by atoms with Crippen molar-refractivity contribution in [1.29, 1.82) is 0 Å². The van der Waals surface area contributed by atoms with Crippen molar-refractivity contribution >= 4 is 17.5 Å². The zero-order valence-electron chi connectivity index (χ0n) is 15.0. The minimum absolute atomic E-state index is 0.315. The van der Waals surface area contributed by atoms with Gasteiger partial charge in [0.2, 0.25) is 5.82 Å². The predicted molar refractivity (Wildman–Crippen MR) is 96.1 cm³/mol. The van der Waals surface area contributed by atoms with Gasteiger partial charge in [0, 0.05) is 23.8 Å². The monoisotopic (exact) mass is 357 g/mol. The first-order valence-corrected chi connectivity index (χ1v) is 8.74. The number of likely N-dealkylation sites (tertiary alicyclic amines) is 1. The molecule has 0 spiro atoms. The van der Waals surface area contributed by atoms with Crippen molar-refractivity contribution in [1.82, 2.24) is 30.4 Å². The Hall–Kier alpha value is -2.81. The number of carbonyl (C=O) groups is 2. The van der Waals surface area contributed by atoms with E-state index < -0.39 is 11.8 Å². The number of rotatable bonds is 5. The lowest BCUT2D eigenvalue weighted by Gasteiger charge is -2.22. The summed E-state index contributed by atoms with van der Waals surface area (Å²) >= 11 is 0. The number of likely N-dealkylation sites (N-methyl/N-ethyl adjacent to an activating group) is 1. The van der Waals surface area contributed by atoms with Crippen molar-refractivity contribution in [2.24, 2.45) is 7.05 Å². The standard InChI is InChI=1S/C17H23N7O2/c1-3-24-10-4-5-14(24)11-18-16(25)17(26)19-13-8-6-12(7-9-13)15-20-22-23(2)21-15/h6-9,14H,3-5,10-11H2,1-2H3,(H,18,25)(H,19,26). The highest BCUT2D eigenvalue weighted by molar-refractivity contribution is 6.39. The highest BCUT2D eigenvalue weighted by Gasteiger charge is 2.24. The van der Waals surface area contributed by atoms with Gasteiger partial charge >= 0.3 is 11.8 Å². The summed E-state index contributed by atoms with van der Waals surface area (Å²) in [6.45, 7) is 4.61. The zero-order chi connectivity index (χ0) is 18.5. The van der Waals surface area contributed by atoms with E-state index in [0.29, 0.717) is 24.1 Å². The molecule has 9 heteroatoms. The summed E-state index contributed by atoms with van der Waals surface area (Å²) in [6.07, 6.45) is 2.18. The lowest BCUT2D eigenvalue weighted by atomic mass is 10.2. The van der Waals surface area contributed by atoms with Crippen LogP contribution in [0.25, 0.3) is 11.4 Å². The molecule has 0 radical (unpaired) electrons. The van der Waals surface area contributed by atoms with Crippen LogP contribution in [0.3, 0.4) is 0 Å². The van der Waals surface area contributed by atoms with Crippen molar-refractivity contribution in [3.63, 3.8) is 0 Å². The lowest BCUT2D eigenvalue weighted by molar-refractivity contribution is -0.136. The number of nitrogens with one attached hydrogen (secondary N) is 2. The summed E-state index contributed by atoms with van der Waals surface area (Å²) in [5.41, 5.74) is 1.32. The second kappa shape index (κ2) is 8.05. The van der Waals surface area contributed by atoms with E-state index in [4.69, 9.17) is 0 Å². The quantitative estimate of drug-likeness (QED) is 0.751. The number of tetrazole rings is 1. The van der Waals surface area contributed by atoms with E-state index in [1.807, 2.05) is 0 Å². The van der Waals surface area contributed by atoms with E-state index in [1.54, 1.807) is 31.3 Å². The molecule has 1 saturated heterocycles. The molecule has 0 bridgehead atoms. The first-order valence-electron chi connectivity index (χ1n) is 8.74. The molecule has 1 atom stereocenters. The van der Waals surface area contributed by atoms with Gasteiger partial charge < -0.3 is 10.6 Å². The highest BCUT2D eigenvalue weighted by atomic mass is 16.2. The van der Waals surface area contributed by atoms with Crippen LogP contribution in [-0.2, 0) is 16.6 Å². The molecule has 9 nitrogen and oxygen atoms in total. The first-order chi connectivity index (χ1) is 12.6. The van der Waals surface area contributed by atoms with E-state index in [1.165, 1.54) is 4.80 Å². The smallest absolute Gasteiger partial charge is 0.313 e. The van der Waals surface area contributed by atoms with E-state index in [2.05, 4.69) is 37.9 Å². The van der Waals surface area contributed by atoms with Crippen LogP contribution in [0.1, 0.15) is 19.8 Å². The third-order valence-electron chi connectivity index (χ3n) is 4.52. The molecule has 0 aliphatic carbocycles. The molecule has 2 aromatic rings. The second-order valence-electron chi connectivity index (χ2n) is 6.27. The molecule has 2 amide bonds. The summed E-state index contributed by atoms with van der Waals surface area (Å²) in [5.74, 6) is -0.788. The zero-order valence-corrected chi connectivity index (χ0v) is 15.0. The molecule has 138 valence electrons. The molecule has 1 aliphatic heterocycles. The number of aryl methyl sites for hydroxylation is 1. The van der Waals surface area contributed by atoms with Gasteiger partial charge in [-0.15, -0.1) is 10.2 Å². The number of hydrogen-bond acceptors (Lipinski definition) is 6.